The van der Waals surface area contributed by atoms with E-state index in [0.29, 0.717) is 16.8 Å². The van der Waals surface area contributed by atoms with E-state index in [1.807, 2.05) is 0 Å². The summed E-state index contributed by atoms with van der Waals surface area (Å²) in [7, 11) is 1.59. The number of likely N-dealkylation sites (N-methyl/N-ethyl adjacent to an activating group) is 1. The molecule has 0 unspecified atom stereocenters. The molecule has 1 heterocycles. The summed E-state index contributed by atoms with van der Waals surface area (Å²) in [5.41, 5.74) is 7.32. The highest BCUT2D eigenvalue weighted by Gasteiger charge is 2.13. The first-order valence-corrected chi connectivity index (χ1v) is 4.66. The van der Waals surface area contributed by atoms with Crippen molar-refractivity contribution in [1.29, 1.82) is 0 Å². The number of para-hydroxylation sites is 1. The van der Waals surface area contributed by atoms with E-state index >= 15 is 0 Å². The molecule has 3 N–H and O–H groups in total. The van der Waals surface area contributed by atoms with Crippen LogP contribution in [-0.4, -0.2) is 29.7 Å². The Labute approximate surface area is 91.3 Å². The third kappa shape index (κ3) is 1.77. The maximum atomic E-state index is 10.5. The molecule has 6 heteroatoms. The number of carbonyl (C=O) groups is 1. The summed E-state index contributed by atoms with van der Waals surface area (Å²) in [4.78, 5) is 16.1. The number of carboxylic acids is 1. The van der Waals surface area contributed by atoms with Crippen molar-refractivity contribution in [3.05, 3.63) is 18.2 Å². The molecular formula is C10H11N3O3. The first-order chi connectivity index (χ1) is 7.58. The number of oxazole rings is 1. The first-order valence-electron chi connectivity index (χ1n) is 4.66. The van der Waals surface area contributed by atoms with Gasteiger partial charge >= 0.3 is 5.97 Å². The third-order valence-electron chi connectivity index (χ3n) is 2.14. The second-order valence-corrected chi connectivity index (χ2v) is 3.44. The molecule has 0 atom stereocenters. The van der Waals surface area contributed by atoms with Gasteiger partial charge in [-0.05, 0) is 12.1 Å². The summed E-state index contributed by atoms with van der Waals surface area (Å²) in [5.74, 6) is -0.947. The fourth-order valence-corrected chi connectivity index (χ4v) is 1.39. The highest BCUT2D eigenvalue weighted by atomic mass is 16.4. The second-order valence-electron chi connectivity index (χ2n) is 3.44. The van der Waals surface area contributed by atoms with Crippen molar-refractivity contribution >= 4 is 28.8 Å². The zero-order chi connectivity index (χ0) is 11.7. The lowest BCUT2D eigenvalue weighted by Crippen LogP contribution is -2.25. The lowest BCUT2D eigenvalue weighted by molar-refractivity contribution is -0.135. The first kappa shape index (κ1) is 10.3. The van der Waals surface area contributed by atoms with Crippen LogP contribution in [0.3, 0.4) is 0 Å². The molecule has 84 valence electrons. The minimum absolute atomic E-state index is 0.174. The number of hydrogen-bond donors (Lipinski definition) is 2. The molecule has 1 aromatic carbocycles. The minimum Gasteiger partial charge on any atom is -0.480 e. The van der Waals surface area contributed by atoms with Gasteiger partial charge in [0.25, 0.3) is 6.01 Å². The fourth-order valence-electron chi connectivity index (χ4n) is 1.39. The standard InChI is InChI=1S/C10H11N3O3/c1-13(5-8(14)15)10-12-9-6(11)3-2-4-7(9)16-10/h2-4H,5,11H2,1H3,(H,14,15). The van der Waals surface area contributed by atoms with Gasteiger partial charge in [-0.1, -0.05) is 6.07 Å². The molecular weight excluding hydrogens is 210 g/mol. The lowest BCUT2D eigenvalue weighted by atomic mass is 10.3. The summed E-state index contributed by atoms with van der Waals surface area (Å²) in [5, 5.41) is 8.64. The van der Waals surface area contributed by atoms with Gasteiger partial charge in [-0.2, -0.15) is 4.98 Å². The number of anilines is 2. The highest BCUT2D eigenvalue weighted by Crippen LogP contribution is 2.24. The van der Waals surface area contributed by atoms with Crippen LogP contribution in [0.2, 0.25) is 0 Å². The van der Waals surface area contributed by atoms with Crippen molar-refractivity contribution in [2.45, 2.75) is 0 Å². The molecule has 0 amide bonds. The Balaban J connectivity index is 2.39. The number of nitrogens with zero attached hydrogens (tertiary/aromatic N) is 2. The molecule has 1 aromatic heterocycles. The molecule has 0 saturated heterocycles. The predicted octanol–water partition coefficient (Wildman–Crippen LogP) is 0.931. The quantitative estimate of drug-likeness (QED) is 0.749. The van der Waals surface area contributed by atoms with Crippen molar-refractivity contribution in [2.75, 3.05) is 24.2 Å². The van der Waals surface area contributed by atoms with Crippen LogP contribution in [0.1, 0.15) is 0 Å². The van der Waals surface area contributed by atoms with Gasteiger partial charge in [0, 0.05) is 7.05 Å². The van der Waals surface area contributed by atoms with Gasteiger partial charge in [0.2, 0.25) is 0 Å². The Hall–Kier alpha value is -2.24. The molecule has 0 spiro atoms. The zero-order valence-electron chi connectivity index (χ0n) is 8.67. The number of rotatable bonds is 3. The molecule has 0 saturated carbocycles. The van der Waals surface area contributed by atoms with Gasteiger partial charge < -0.3 is 20.2 Å². The summed E-state index contributed by atoms with van der Waals surface area (Å²) >= 11 is 0. The van der Waals surface area contributed by atoms with Crippen LogP contribution in [0, 0.1) is 0 Å². The fraction of sp³-hybridized carbons (Fsp3) is 0.200. The van der Waals surface area contributed by atoms with E-state index < -0.39 is 5.97 Å². The Morgan fingerprint density at radius 1 is 1.62 bits per heavy atom. The van der Waals surface area contributed by atoms with Crippen molar-refractivity contribution in [2.24, 2.45) is 0 Å². The van der Waals surface area contributed by atoms with Crippen LogP contribution >= 0.6 is 0 Å². The van der Waals surface area contributed by atoms with E-state index in [4.69, 9.17) is 15.3 Å². The van der Waals surface area contributed by atoms with Crippen molar-refractivity contribution in [1.82, 2.24) is 4.98 Å². The molecule has 2 rings (SSSR count). The maximum absolute atomic E-state index is 10.5. The van der Waals surface area contributed by atoms with Crippen LogP contribution in [-0.2, 0) is 4.79 Å². The number of aliphatic carboxylic acids is 1. The van der Waals surface area contributed by atoms with Gasteiger partial charge in [0.15, 0.2) is 5.58 Å². The van der Waals surface area contributed by atoms with Crippen molar-refractivity contribution in [3.63, 3.8) is 0 Å². The summed E-state index contributed by atoms with van der Waals surface area (Å²) < 4.78 is 5.38. The molecule has 0 radical (unpaired) electrons. The number of nitrogen functional groups attached to an aromatic ring is 1. The van der Waals surface area contributed by atoms with E-state index in [1.165, 1.54) is 4.90 Å². The van der Waals surface area contributed by atoms with Gasteiger partial charge in [-0.25, -0.2) is 0 Å². The molecule has 0 aliphatic rings. The Bertz CT molecular complexity index is 535. The number of aromatic nitrogens is 1. The third-order valence-corrected chi connectivity index (χ3v) is 2.14. The van der Waals surface area contributed by atoms with Crippen LogP contribution in [0.5, 0.6) is 0 Å². The number of nitrogens with two attached hydrogens (primary N) is 1. The largest absolute Gasteiger partial charge is 0.480 e. The highest BCUT2D eigenvalue weighted by molar-refractivity contribution is 5.86. The average molecular weight is 221 g/mol. The molecule has 2 aromatic rings. The molecule has 0 bridgehead atoms. The Morgan fingerprint density at radius 2 is 2.38 bits per heavy atom. The molecule has 16 heavy (non-hydrogen) atoms. The number of hydrogen-bond acceptors (Lipinski definition) is 5. The van der Waals surface area contributed by atoms with Gasteiger partial charge in [-0.3, -0.25) is 4.79 Å². The molecule has 0 aliphatic heterocycles. The number of fused-ring (bicyclic) bond motifs is 1. The van der Waals surface area contributed by atoms with E-state index in [-0.39, 0.29) is 12.6 Å². The summed E-state index contributed by atoms with van der Waals surface area (Å²) in [6.45, 7) is -0.174. The summed E-state index contributed by atoms with van der Waals surface area (Å²) in [6, 6.07) is 5.45. The van der Waals surface area contributed by atoms with Crippen LogP contribution in [0.15, 0.2) is 22.6 Å². The molecule has 6 nitrogen and oxygen atoms in total. The predicted molar refractivity (Wildman–Crippen MR) is 59.3 cm³/mol. The van der Waals surface area contributed by atoms with Gasteiger partial charge in [0.1, 0.15) is 12.1 Å². The second kappa shape index (κ2) is 3.73. The SMILES string of the molecule is CN(CC(=O)O)c1nc2c(N)cccc2o1. The smallest absolute Gasteiger partial charge is 0.323 e. The summed E-state index contributed by atoms with van der Waals surface area (Å²) in [6.07, 6.45) is 0. The maximum Gasteiger partial charge on any atom is 0.323 e. The number of benzene rings is 1. The zero-order valence-corrected chi connectivity index (χ0v) is 8.67. The minimum atomic E-state index is -0.947. The van der Waals surface area contributed by atoms with Gasteiger partial charge in [-0.15, -0.1) is 0 Å². The topological polar surface area (TPSA) is 92.6 Å². The van der Waals surface area contributed by atoms with Crippen molar-refractivity contribution in [3.8, 4) is 0 Å². The average Bonchev–Trinajstić information content (AvgIpc) is 2.61. The number of carboxylic acid groups (broad SMARTS) is 1. The normalized spacial score (nSPS) is 10.6. The monoisotopic (exact) mass is 221 g/mol. The Morgan fingerprint density at radius 3 is 3.00 bits per heavy atom. The van der Waals surface area contributed by atoms with Crippen molar-refractivity contribution < 1.29 is 14.3 Å². The van der Waals surface area contributed by atoms with Crippen LogP contribution in [0.25, 0.3) is 11.1 Å². The molecule has 0 aliphatic carbocycles. The van der Waals surface area contributed by atoms with E-state index in [1.54, 1.807) is 25.2 Å². The van der Waals surface area contributed by atoms with Crippen LogP contribution < -0.4 is 10.6 Å². The van der Waals surface area contributed by atoms with E-state index in [9.17, 15) is 4.79 Å². The Kier molecular flexibility index (Phi) is 2.40. The van der Waals surface area contributed by atoms with E-state index in [2.05, 4.69) is 4.98 Å². The lowest BCUT2D eigenvalue weighted by Gasteiger charge is -2.09. The molecule has 0 fully saturated rings. The van der Waals surface area contributed by atoms with E-state index in [0.717, 1.165) is 0 Å². The van der Waals surface area contributed by atoms with Crippen LogP contribution in [0.4, 0.5) is 11.7 Å². The van der Waals surface area contributed by atoms with Gasteiger partial charge in [0.05, 0.1) is 5.69 Å².